The van der Waals surface area contributed by atoms with Crippen LogP contribution in [0.25, 0.3) is 0 Å². The Bertz CT molecular complexity index is 648. The van der Waals surface area contributed by atoms with Gasteiger partial charge in [0, 0.05) is 31.1 Å². The highest BCUT2D eigenvalue weighted by Crippen LogP contribution is 2.22. The van der Waals surface area contributed by atoms with E-state index in [0.29, 0.717) is 25.4 Å². The van der Waals surface area contributed by atoms with Crippen LogP contribution in [0.15, 0.2) is 60.7 Å². The van der Waals surface area contributed by atoms with Gasteiger partial charge in [-0.15, -0.1) is 0 Å². The summed E-state index contributed by atoms with van der Waals surface area (Å²) in [5, 5.41) is 15.9. The van der Waals surface area contributed by atoms with E-state index in [1.165, 1.54) is 0 Å². The van der Waals surface area contributed by atoms with Crippen LogP contribution in [-0.2, 0) is 4.79 Å². The number of nitrogens with one attached hydrogen (secondary N) is 2. The number of carbonyl (C=O) groups excluding carboxylic acids is 1. The van der Waals surface area contributed by atoms with Crippen molar-refractivity contribution >= 4 is 5.91 Å². The first kappa shape index (κ1) is 16.5. The Hall–Kier alpha value is -2.37. The maximum atomic E-state index is 12.7. The monoisotopic (exact) mass is 326 g/mol. The van der Waals surface area contributed by atoms with E-state index in [-0.39, 0.29) is 11.8 Å². The van der Waals surface area contributed by atoms with Gasteiger partial charge in [0.25, 0.3) is 5.91 Å². The summed E-state index contributed by atoms with van der Waals surface area (Å²) in [6, 6.07) is 18.7. The molecule has 2 aromatic carbocycles. The number of carbonyl (C=O) groups is 1. The first-order chi connectivity index (χ1) is 11.7. The smallest absolute Gasteiger partial charge is 0.265 e. The number of ether oxygens (including phenoxy) is 1. The fourth-order valence-corrected chi connectivity index (χ4v) is 2.79. The van der Waals surface area contributed by atoms with Gasteiger partial charge >= 0.3 is 0 Å². The second-order valence-corrected chi connectivity index (χ2v) is 5.95. The number of aliphatic hydroxyl groups is 1. The fourth-order valence-electron chi connectivity index (χ4n) is 2.79. The minimum absolute atomic E-state index is 0.0297. The van der Waals surface area contributed by atoms with Gasteiger partial charge < -0.3 is 20.5 Å². The van der Waals surface area contributed by atoms with Gasteiger partial charge in [-0.2, -0.15) is 0 Å². The minimum Gasteiger partial charge on any atom is -0.476 e. The van der Waals surface area contributed by atoms with E-state index in [1.54, 1.807) is 0 Å². The lowest BCUT2D eigenvalue weighted by Gasteiger charge is -2.21. The van der Waals surface area contributed by atoms with Crippen molar-refractivity contribution in [2.75, 3.05) is 19.6 Å². The molecule has 0 radical (unpaired) electrons. The Labute approximate surface area is 141 Å². The molecule has 0 spiro atoms. The first-order valence-corrected chi connectivity index (χ1v) is 8.17. The lowest BCUT2D eigenvalue weighted by molar-refractivity contribution is -0.128. The molecule has 0 aromatic heterocycles. The third kappa shape index (κ3) is 4.13. The van der Waals surface area contributed by atoms with E-state index in [4.69, 9.17) is 4.74 Å². The highest BCUT2D eigenvalue weighted by Gasteiger charge is 2.28. The van der Waals surface area contributed by atoms with Crippen molar-refractivity contribution < 1.29 is 14.6 Å². The largest absolute Gasteiger partial charge is 0.476 e. The van der Waals surface area contributed by atoms with Crippen LogP contribution in [0.4, 0.5) is 0 Å². The molecule has 1 saturated heterocycles. The molecule has 0 bridgehead atoms. The van der Waals surface area contributed by atoms with Crippen molar-refractivity contribution in [2.24, 2.45) is 5.92 Å². The summed E-state index contributed by atoms with van der Waals surface area (Å²) in [5.41, 5.74) is 0.795. The molecule has 2 aromatic rings. The van der Waals surface area contributed by atoms with E-state index in [2.05, 4.69) is 10.6 Å². The third-order valence-electron chi connectivity index (χ3n) is 4.18. The molecule has 126 valence electrons. The first-order valence-electron chi connectivity index (χ1n) is 8.17. The number of para-hydroxylation sites is 1. The molecule has 3 unspecified atom stereocenters. The molecule has 0 saturated carbocycles. The van der Waals surface area contributed by atoms with E-state index < -0.39 is 12.2 Å². The number of aliphatic hydroxyl groups excluding tert-OH is 1. The van der Waals surface area contributed by atoms with Gasteiger partial charge in [-0.05, 0) is 12.1 Å². The summed E-state index contributed by atoms with van der Waals surface area (Å²) in [4.78, 5) is 12.7. The molecule has 3 atom stereocenters. The summed E-state index contributed by atoms with van der Waals surface area (Å²) in [6.07, 6.45) is -1.14. The van der Waals surface area contributed by atoms with Crippen molar-refractivity contribution in [2.45, 2.75) is 12.2 Å². The second kappa shape index (κ2) is 7.95. The number of benzene rings is 2. The van der Waals surface area contributed by atoms with E-state index in [0.717, 1.165) is 5.56 Å². The number of β-amino-alcohol motifs (C(OH)–C–C–N with tert-alkyl or cyclic N) is 1. The number of amides is 1. The van der Waals surface area contributed by atoms with Gasteiger partial charge in [-0.25, -0.2) is 0 Å². The molecule has 24 heavy (non-hydrogen) atoms. The van der Waals surface area contributed by atoms with Crippen molar-refractivity contribution in [3.05, 3.63) is 66.2 Å². The summed E-state index contributed by atoms with van der Waals surface area (Å²) in [6.45, 7) is 1.70. The fraction of sp³-hybridized carbons (Fsp3) is 0.316. The van der Waals surface area contributed by atoms with Crippen LogP contribution in [0, 0.1) is 5.92 Å². The van der Waals surface area contributed by atoms with Crippen LogP contribution in [0.5, 0.6) is 5.75 Å². The second-order valence-electron chi connectivity index (χ2n) is 5.95. The Morgan fingerprint density at radius 1 is 1.12 bits per heavy atom. The standard InChI is InChI=1S/C19H22N2O3/c22-17-13-20-11-15(17)12-21-19(23)18(14-7-3-1-4-8-14)24-16-9-5-2-6-10-16/h1-10,15,17-18,20,22H,11-13H2,(H,21,23). The van der Waals surface area contributed by atoms with Crippen LogP contribution in [0.3, 0.4) is 0 Å². The topological polar surface area (TPSA) is 70.6 Å². The van der Waals surface area contributed by atoms with Crippen molar-refractivity contribution in [3.8, 4) is 5.75 Å². The summed E-state index contributed by atoms with van der Waals surface area (Å²) >= 11 is 0. The Morgan fingerprint density at radius 3 is 2.42 bits per heavy atom. The zero-order chi connectivity index (χ0) is 16.8. The van der Waals surface area contributed by atoms with Gasteiger partial charge in [-0.1, -0.05) is 48.5 Å². The van der Waals surface area contributed by atoms with E-state index in [9.17, 15) is 9.90 Å². The van der Waals surface area contributed by atoms with Crippen LogP contribution in [0.1, 0.15) is 11.7 Å². The lowest BCUT2D eigenvalue weighted by atomic mass is 10.1. The third-order valence-corrected chi connectivity index (χ3v) is 4.18. The molecule has 1 fully saturated rings. The predicted octanol–water partition coefficient (Wildman–Crippen LogP) is 1.50. The zero-order valence-electron chi connectivity index (χ0n) is 13.4. The van der Waals surface area contributed by atoms with Crippen LogP contribution < -0.4 is 15.4 Å². The molecule has 0 aliphatic carbocycles. The molecule has 1 heterocycles. The molecule has 1 aliphatic heterocycles. The van der Waals surface area contributed by atoms with Gasteiger partial charge in [0.05, 0.1) is 6.10 Å². The van der Waals surface area contributed by atoms with Crippen molar-refractivity contribution in [3.63, 3.8) is 0 Å². The Morgan fingerprint density at radius 2 is 1.79 bits per heavy atom. The van der Waals surface area contributed by atoms with E-state index >= 15 is 0 Å². The summed E-state index contributed by atoms with van der Waals surface area (Å²) < 4.78 is 5.91. The van der Waals surface area contributed by atoms with Gasteiger partial charge in [0.15, 0.2) is 0 Å². The molecule has 3 rings (SSSR count). The highest BCUT2D eigenvalue weighted by atomic mass is 16.5. The zero-order valence-corrected chi connectivity index (χ0v) is 13.4. The molecule has 1 amide bonds. The summed E-state index contributed by atoms with van der Waals surface area (Å²) in [7, 11) is 0. The molecule has 5 nitrogen and oxygen atoms in total. The lowest BCUT2D eigenvalue weighted by Crippen LogP contribution is -2.38. The molecule has 3 N–H and O–H groups in total. The average Bonchev–Trinajstić information content (AvgIpc) is 3.04. The Balaban J connectivity index is 1.70. The van der Waals surface area contributed by atoms with Crippen LogP contribution >= 0.6 is 0 Å². The van der Waals surface area contributed by atoms with E-state index in [1.807, 2.05) is 60.7 Å². The highest BCUT2D eigenvalue weighted by molar-refractivity contribution is 5.82. The quantitative estimate of drug-likeness (QED) is 0.752. The van der Waals surface area contributed by atoms with Gasteiger partial charge in [0.1, 0.15) is 5.75 Å². The normalized spacial score (nSPS) is 21.2. The maximum absolute atomic E-state index is 12.7. The maximum Gasteiger partial charge on any atom is 0.265 e. The molecule has 1 aliphatic rings. The summed E-state index contributed by atoms with van der Waals surface area (Å²) in [5.74, 6) is 0.468. The average molecular weight is 326 g/mol. The van der Waals surface area contributed by atoms with Gasteiger partial charge in [-0.3, -0.25) is 4.79 Å². The Kier molecular flexibility index (Phi) is 5.46. The molecular formula is C19H22N2O3. The van der Waals surface area contributed by atoms with Crippen molar-refractivity contribution in [1.82, 2.24) is 10.6 Å². The van der Waals surface area contributed by atoms with Crippen molar-refractivity contribution in [1.29, 1.82) is 0 Å². The minimum atomic E-state index is -0.722. The molecule has 5 heteroatoms. The van der Waals surface area contributed by atoms with Crippen LogP contribution in [0.2, 0.25) is 0 Å². The van der Waals surface area contributed by atoms with Gasteiger partial charge in [0.2, 0.25) is 6.10 Å². The number of hydrogen-bond donors (Lipinski definition) is 3. The molecular weight excluding hydrogens is 304 g/mol. The number of rotatable bonds is 6. The predicted molar refractivity (Wildman–Crippen MR) is 91.6 cm³/mol. The SMILES string of the molecule is O=C(NCC1CNCC1O)C(Oc1ccccc1)c1ccccc1. The number of hydrogen-bond acceptors (Lipinski definition) is 4. The van der Waals surface area contributed by atoms with Crippen LogP contribution in [-0.4, -0.2) is 36.8 Å².